The van der Waals surface area contributed by atoms with Crippen LogP contribution in [-0.4, -0.2) is 68.4 Å². The number of carbonyl (C=O) groups excluding carboxylic acids is 4. The zero-order valence-corrected chi connectivity index (χ0v) is 22.8. The maximum atomic E-state index is 13.6. The summed E-state index contributed by atoms with van der Waals surface area (Å²) >= 11 is 0. The first-order valence-electron chi connectivity index (χ1n) is 13.2. The number of hydrogen-bond donors (Lipinski definition) is 3. The highest BCUT2D eigenvalue weighted by Gasteiger charge is 2.31. The summed E-state index contributed by atoms with van der Waals surface area (Å²) < 4.78 is 11.5. The number of ether oxygens (including phenoxy) is 2. The summed E-state index contributed by atoms with van der Waals surface area (Å²) in [5.74, 6) is -2.92. The Bertz CT molecular complexity index is 1620. The Labute approximate surface area is 239 Å². The predicted molar refractivity (Wildman–Crippen MR) is 146 cm³/mol. The third-order valence-corrected chi connectivity index (χ3v) is 6.73. The smallest absolute Gasteiger partial charge is 0.423 e. The van der Waals surface area contributed by atoms with Crippen molar-refractivity contribution in [3.8, 4) is 0 Å². The SMILES string of the molecule is Cc1ccc(C(=O)NC2CC2)cc1N(C(=O)OCOC(=O)/C=C/C(=O)O)c1ncnn2cc(C(=O)NC3CC3)c(C)c12. The van der Waals surface area contributed by atoms with E-state index in [1.165, 1.54) is 16.9 Å². The largest absolute Gasteiger partial charge is 0.478 e. The molecule has 3 aromatic rings. The van der Waals surface area contributed by atoms with E-state index < -0.39 is 24.8 Å². The summed E-state index contributed by atoms with van der Waals surface area (Å²) in [4.78, 5) is 67.3. The average Bonchev–Trinajstić information content (AvgIpc) is 3.89. The van der Waals surface area contributed by atoms with Gasteiger partial charge in [-0.3, -0.25) is 9.59 Å². The molecule has 2 aromatic heterocycles. The predicted octanol–water partition coefficient (Wildman–Crippen LogP) is 2.55. The molecule has 3 amide bonds. The molecule has 2 saturated carbocycles. The van der Waals surface area contributed by atoms with Gasteiger partial charge >= 0.3 is 18.0 Å². The minimum Gasteiger partial charge on any atom is -0.478 e. The van der Waals surface area contributed by atoms with Crippen LogP contribution in [0.25, 0.3) is 5.52 Å². The molecule has 0 atom stereocenters. The van der Waals surface area contributed by atoms with Crippen LogP contribution in [0.2, 0.25) is 0 Å². The van der Waals surface area contributed by atoms with Gasteiger partial charge in [0.2, 0.25) is 6.79 Å². The lowest BCUT2D eigenvalue weighted by Crippen LogP contribution is -2.31. The van der Waals surface area contributed by atoms with Crippen LogP contribution in [0.15, 0.2) is 42.9 Å². The molecule has 14 heteroatoms. The monoisotopic (exact) mass is 576 g/mol. The number of rotatable bonds is 10. The van der Waals surface area contributed by atoms with E-state index in [1.807, 2.05) is 0 Å². The third kappa shape index (κ3) is 6.37. The number of carboxylic acid groups (broad SMARTS) is 1. The summed E-state index contributed by atoms with van der Waals surface area (Å²) in [5, 5.41) is 18.8. The molecular weight excluding hydrogens is 548 g/mol. The second-order valence-corrected chi connectivity index (χ2v) is 10.0. The van der Waals surface area contributed by atoms with Crippen molar-refractivity contribution in [3.05, 3.63) is 65.1 Å². The van der Waals surface area contributed by atoms with Gasteiger partial charge in [-0.2, -0.15) is 5.10 Å². The van der Waals surface area contributed by atoms with E-state index in [0.29, 0.717) is 39.9 Å². The first-order chi connectivity index (χ1) is 20.1. The van der Waals surface area contributed by atoms with Crippen LogP contribution in [0.1, 0.15) is 57.5 Å². The van der Waals surface area contributed by atoms with Gasteiger partial charge in [-0.05, 0) is 62.8 Å². The van der Waals surface area contributed by atoms with Gasteiger partial charge in [0.25, 0.3) is 11.8 Å². The van der Waals surface area contributed by atoms with Crippen molar-refractivity contribution >= 4 is 46.9 Å². The average molecular weight is 577 g/mol. The van der Waals surface area contributed by atoms with Crippen LogP contribution >= 0.6 is 0 Å². The molecule has 0 unspecified atom stereocenters. The fourth-order valence-corrected chi connectivity index (χ4v) is 4.20. The van der Waals surface area contributed by atoms with Gasteiger partial charge in [0.15, 0.2) is 5.82 Å². The number of aliphatic carboxylic acids is 1. The Hall–Kier alpha value is -5.27. The Balaban J connectivity index is 1.52. The number of carbonyl (C=O) groups is 5. The fourth-order valence-electron chi connectivity index (χ4n) is 4.20. The maximum Gasteiger partial charge on any atom is 0.423 e. The summed E-state index contributed by atoms with van der Waals surface area (Å²) in [6.07, 6.45) is 6.60. The van der Waals surface area contributed by atoms with Gasteiger partial charge in [-0.1, -0.05) is 6.07 Å². The number of fused-ring (bicyclic) bond motifs is 1. The van der Waals surface area contributed by atoms with E-state index in [-0.39, 0.29) is 35.4 Å². The Morgan fingerprint density at radius 3 is 2.38 bits per heavy atom. The molecule has 2 heterocycles. The van der Waals surface area contributed by atoms with Crippen molar-refractivity contribution in [2.45, 2.75) is 51.6 Å². The Kier molecular flexibility index (Phi) is 7.86. The van der Waals surface area contributed by atoms with Gasteiger partial charge in [0.05, 0.1) is 11.3 Å². The van der Waals surface area contributed by atoms with Crippen molar-refractivity contribution in [1.82, 2.24) is 25.2 Å². The van der Waals surface area contributed by atoms with Crippen LogP contribution in [0, 0.1) is 13.8 Å². The molecule has 0 aliphatic heterocycles. The van der Waals surface area contributed by atoms with Crippen LogP contribution in [0.5, 0.6) is 0 Å². The fraction of sp³-hybridized carbons (Fsp3) is 0.321. The van der Waals surface area contributed by atoms with Crippen molar-refractivity contribution in [2.75, 3.05) is 11.7 Å². The van der Waals surface area contributed by atoms with Gasteiger partial charge < -0.3 is 25.2 Å². The number of esters is 1. The molecule has 3 N–H and O–H groups in total. The van der Waals surface area contributed by atoms with Gasteiger partial charge in [-0.15, -0.1) is 0 Å². The lowest BCUT2D eigenvalue weighted by atomic mass is 10.1. The summed E-state index contributed by atoms with van der Waals surface area (Å²) in [7, 11) is 0. The quantitative estimate of drug-likeness (QED) is 0.184. The number of nitrogens with one attached hydrogen (secondary N) is 2. The van der Waals surface area contributed by atoms with Crippen LogP contribution in [0.3, 0.4) is 0 Å². The lowest BCUT2D eigenvalue weighted by Gasteiger charge is -2.24. The van der Waals surface area contributed by atoms with E-state index in [9.17, 15) is 24.0 Å². The lowest BCUT2D eigenvalue weighted by molar-refractivity contribution is -0.146. The van der Waals surface area contributed by atoms with Gasteiger partial charge in [0.1, 0.15) is 11.8 Å². The Morgan fingerprint density at radius 1 is 1.02 bits per heavy atom. The number of aromatic nitrogens is 3. The molecule has 0 radical (unpaired) electrons. The van der Waals surface area contributed by atoms with Crippen molar-refractivity contribution in [2.24, 2.45) is 0 Å². The van der Waals surface area contributed by atoms with Crippen molar-refractivity contribution in [1.29, 1.82) is 0 Å². The number of nitrogens with zero attached hydrogens (tertiary/aromatic N) is 4. The number of aryl methyl sites for hydroxylation is 2. The molecular formula is C28H28N6O8. The number of carboxylic acids is 1. The molecule has 2 aliphatic carbocycles. The second-order valence-electron chi connectivity index (χ2n) is 10.0. The van der Waals surface area contributed by atoms with Crippen LogP contribution in [-0.2, 0) is 19.1 Å². The normalized spacial score (nSPS) is 14.4. The van der Waals surface area contributed by atoms with Crippen molar-refractivity contribution in [3.63, 3.8) is 0 Å². The molecule has 1 aromatic carbocycles. The van der Waals surface area contributed by atoms with E-state index in [1.54, 1.807) is 32.2 Å². The highest BCUT2D eigenvalue weighted by atomic mass is 16.7. The Morgan fingerprint density at radius 2 is 1.71 bits per heavy atom. The standard InChI is InChI=1S/C28H28N6O8/c1-15-3-4-17(26(38)31-18-5-6-18)11-21(15)34(28(40)42-14-41-23(37)10-9-22(35)36)25-24-16(2)20(12-33(24)30-13-29-25)27(39)32-19-7-8-19/h3-4,9-13,18-19H,5-8,14H2,1-2H3,(H,31,38)(H,32,39)(H,35,36)/b10-9+. The molecule has 0 spiro atoms. The zero-order chi connectivity index (χ0) is 30.0. The minimum absolute atomic E-state index is 0.0536. The molecule has 0 bridgehead atoms. The first kappa shape index (κ1) is 28.3. The molecule has 5 rings (SSSR count). The minimum atomic E-state index is -1.35. The van der Waals surface area contributed by atoms with E-state index in [0.717, 1.165) is 30.6 Å². The maximum absolute atomic E-state index is 13.6. The number of anilines is 2. The van der Waals surface area contributed by atoms with E-state index in [4.69, 9.17) is 14.6 Å². The number of hydrogen-bond acceptors (Lipinski definition) is 9. The summed E-state index contributed by atoms with van der Waals surface area (Å²) in [6, 6.07) is 5.06. The third-order valence-electron chi connectivity index (χ3n) is 6.73. The molecule has 2 fully saturated rings. The number of benzene rings is 1. The summed E-state index contributed by atoms with van der Waals surface area (Å²) in [6.45, 7) is 2.60. The highest BCUT2D eigenvalue weighted by Crippen LogP contribution is 2.34. The molecule has 0 saturated heterocycles. The zero-order valence-electron chi connectivity index (χ0n) is 22.8. The first-order valence-corrected chi connectivity index (χ1v) is 13.2. The van der Waals surface area contributed by atoms with Crippen molar-refractivity contribution < 1.29 is 38.6 Å². The highest BCUT2D eigenvalue weighted by molar-refractivity contribution is 6.05. The van der Waals surface area contributed by atoms with Gasteiger partial charge in [-0.25, -0.2) is 28.8 Å². The van der Waals surface area contributed by atoms with Gasteiger partial charge in [0, 0.05) is 36.0 Å². The van der Waals surface area contributed by atoms with Crippen LogP contribution in [0.4, 0.5) is 16.3 Å². The van der Waals surface area contributed by atoms with E-state index in [2.05, 4.69) is 20.7 Å². The van der Waals surface area contributed by atoms with Crippen LogP contribution < -0.4 is 15.5 Å². The molecule has 14 nitrogen and oxygen atoms in total. The summed E-state index contributed by atoms with van der Waals surface area (Å²) in [5.41, 5.74) is 2.34. The molecule has 218 valence electrons. The topological polar surface area (TPSA) is 182 Å². The molecule has 42 heavy (non-hydrogen) atoms. The number of amides is 3. The second kappa shape index (κ2) is 11.7. The molecule has 2 aliphatic rings. The van der Waals surface area contributed by atoms with E-state index >= 15 is 0 Å².